The molecule has 0 spiro atoms. The number of nitrogens with zero attached hydrogens (tertiary/aromatic N) is 4. The van der Waals surface area contributed by atoms with E-state index in [0.29, 0.717) is 29.8 Å². The van der Waals surface area contributed by atoms with Gasteiger partial charge >= 0.3 is 22.5 Å². The number of hydrogen-bond acceptors (Lipinski definition) is 10. The average Bonchev–Trinajstić information content (AvgIpc) is 3.77. The fourth-order valence-electron chi connectivity index (χ4n) is 7.45. The lowest BCUT2D eigenvalue weighted by atomic mass is 9.89. The van der Waals surface area contributed by atoms with E-state index < -0.39 is 63.2 Å². The molecule has 2 saturated heterocycles. The van der Waals surface area contributed by atoms with Gasteiger partial charge in [-0.1, -0.05) is 36.4 Å². The van der Waals surface area contributed by atoms with Gasteiger partial charge in [0.15, 0.2) is 11.6 Å². The first kappa shape index (κ1) is 30.8. The van der Waals surface area contributed by atoms with Crippen molar-refractivity contribution in [3.8, 4) is 5.75 Å². The van der Waals surface area contributed by atoms with E-state index in [-0.39, 0.29) is 19.4 Å². The minimum absolute atomic E-state index is 0.111. The maximum Gasteiger partial charge on any atom is 0.411 e. The van der Waals surface area contributed by atoms with Gasteiger partial charge < -0.3 is 23.9 Å². The molecular formula is C31H30F2N6O7S. The summed E-state index contributed by atoms with van der Waals surface area (Å²) >= 11 is 0. The second-order valence-electron chi connectivity index (χ2n) is 11.7. The molecule has 3 aliphatic heterocycles. The van der Waals surface area contributed by atoms with Gasteiger partial charge in [-0.05, 0) is 48.2 Å². The molecule has 4 aliphatic rings. The Kier molecular flexibility index (Phi) is 7.31. The van der Waals surface area contributed by atoms with Gasteiger partial charge in [-0.2, -0.15) is 23.4 Å². The number of rotatable bonds is 6. The quantitative estimate of drug-likeness (QED) is 0.360. The van der Waals surface area contributed by atoms with Crippen LogP contribution in [0, 0.1) is 11.6 Å². The van der Waals surface area contributed by atoms with Gasteiger partial charge in [0.05, 0.1) is 31.5 Å². The fraction of sp³-hybridized carbons (Fsp3) is 0.355. The summed E-state index contributed by atoms with van der Waals surface area (Å²) in [6, 6.07) is 14.8. The van der Waals surface area contributed by atoms with Crippen LogP contribution in [0.5, 0.6) is 5.75 Å². The molecule has 2 amide bonds. The highest BCUT2D eigenvalue weighted by atomic mass is 32.2. The Morgan fingerprint density at radius 2 is 1.57 bits per heavy atom. The number of amides is 2. The number of methoxy groups -OCH3 is 2. The molecule has 3 heterocycles. The monoisotopic (exact) mass is 668 g/mol. The van der Waals surface area contributed by atoms with Crippen molar-refractivity contribution in [2.45, 2.75) is 42.5 Å². The van der Waals surface area contributed by atoms with Crippen LogP contribution in [0.4, 0.5) is 29.7 Å². The molecule has 246 valence electrons. The molecule has 4 atom stereocenters. The Bertz CT molecular complexity index is 1910. The lowest BCUT2D eigenvalue weighted by Gasteiger charge is -2.32. The van der Waals surface area contributed by atoms with Crippen molar-refractivity contribution in [3.05, 3.63) is 89.0 Å². The predicted octanol–water partition coefficient (Wildman–Crippen LogP) is 4.67. The summed E-state index contributed by atoms with van der Waals surface area (Å²) in [4.78, 5) is 28.5. The highest BCUT2D eigenvalue weighted by molar-refractivity contribution is 7.85. The van der Waals surface area contributed by atoms with Crippen LogP contribution in [0.2, 0.25) is 0 Å². The molecular weight excluding hydrogens is 638 g/mol. The molecule has 16 heteroatoms. The number of fused-ring (bicyclic) bond motifs is 6. The first-order valence-electron chi connectivity index (χ1n) is 14.8. The standard InChI is InChI=1S/C31H30F2N6O7S/c1-44-28(40)38-15-13-30(37-47(42,43)46-26-21(32)9-6-10-22(26)33)19-8-5-12-23(18(19)17-25(30)38)35-36-31-14-16-39(29(41)45-2)27(31)34-24-11-4-3-7-20(24)31/h3-12,25,27,34,37H,13-17H2,1-2H3/t25-,27-,30-,31+/m1/s1. The van der Waals surface area contributed by atoms with E-state index in [2.05, 4.69) is 10.0 Å². The number of nitrogens with one attached hydrogen (secondary N) is 2. The van der Waals surface area contributed by atoms with Crippen molar-refractivity contribution >= 4 is 33.9 Å². The van der Waals surface area contributed by atoms with Crippen LogP contribution in [0.3, 0.4) is 0 Å². The summed E-state index contributed by atoms with van der Waals surface area (Å²) in [6.07, 6.45) is -0.999. The van der Waals surface area contributed by atoms with Crippen LogP contribution in [0.15, 0.2) is 70.9 Å². The molecule has 0 bridgehead atoms. The number of para-hydroxylation sites is 2. The maximum atomic E-state index is 14.4. The summed E-state index contributed by atoms with van der Waals surface area (Å²) in [5.74, 6) is -3.46. The van der Waals surface area contributed by atoms with Crippen LogP contribution < -0.4 is 14.2 Å². The molecule has 0 radical (unpaired) electrons. The summed E-state index contributed by atoms with van der Waals surface area (Å²) in [5, 5.41) is 13.0. The Morgan fingerprint density at radius 3 is 2.32 bits per heavy atom. The number of azo groups is 1. The van der Waals surface area contributed by atoms with Crippen LogP contribution in [-0.4, -0.2) is 69.9 Å². The summed E-state index contributed by atoms with van der Waals surface area (Å²) in [5.41, 5.74) is 0.854. The molecule has 0 saturated carbocycles. The fourth-order valence-corrected chi connectivity index (χ4v) is 8.66. The molecule has 7 rings (SSSR count). The van der Waals surface area contributed by atoms with Crippen LogP contribution >= 0.6 is 0 Å². The van der Waals surface area contributed by atoms with Crippen molar-refractivity contribution in [2.24, 2.45) is 10.2 Å². The van der Waals surface area contributed by atoms with E-state index in [0.717, 1.165) is 29.4 Å². The normalized spacial score (nSPS) is 25.6. The summed E-state index contributed by atoms with van der Waals surface area (Å²) in [7, 11) is -2.31. The highest BCUT2D eigenvalue weighted by Crippen LogP contribution is 2.53. The summed E-state index contributed by atoms with van der Waals surface area (Å²) in [6.45, 7) is 0.504. The van der Waals surface area contributed by atoms with Gasteiger partial charge in [-0.3, -0.25) is 4.90 Å². The van der Waals surface area contributed by atoms with E-state index in [1.165, 1.54) is 19.1 Å². The lowest BCUT2D eigenvalue weighted by Crippen LogP contribution is -2.53. The van der Waals surface area contributed by atoms with E-state index in [4.69, 9.17) is 23.9 Å². The predicted molar refractivity (Wildman–Crippen MR) is 162 cm³/mol. The van der Waals surface area contributed by atoms with E-state index in [1.807, 2.05) is 24.3 Å². The van der Waals surface area contributed by atoms with E-state index in [9.17, 15) is 26.8 Å². The largest absolute Gasteiger partial charge is 0.453 e. The zero-order valence-electron chi connectivity index (χ0n) is 25.3. The number of benzene rings is 3. The number of carbonyl (C=O) groups is 2. The van der Waals surface area contributed by atoms with Crippen LogP contribution in [0.25, 0.3) is 0 Å². The first-order valence-corrected chi connectivity index (χ1v) is 16.2. The van der Waals surface area contributed by atoms with Crippen molar-refractivity contribution in [2.75, 3.05) is 32.6 Å². The minimum atomic E-state index is -4.85. The molecule has 2 N–H and O–H groups in total. The van der Waals surface area contributed by atoms with E-state index >= 15 is 0 Å². The maximum absolute atomic E-state index is 14.4. The third-order valence-corrected chi connectivity index (χ3v) is 10.5. The summed E-state index contributed by atoms with van der Waals surface area (Å²) < 4.78 is 73.0. The van der Waals surface area contributed by atoms with Crippen LogP contribution in [0.1, 0.15) is 29.5 Å². The van der Waals surface area contributed by atoms with Gasteiger partial charge in [0.1, 0.15) is 11.7 Å². The third-order valence-electron chi connectivity index (χ3n) is 9.48. The molecule has 0 unspecified atom stereocenters. The molecule has 3 aromatic rings. The number of anilines is 1. The Balaban J connectivity index is 1.28. The van der Waals surface area contributed by atoms with Crippen molar-refractivity contribution in [1.29, 1.82) is 0 Å². The number of halogens is 2. The van der Waals surface area contributed by atoms with Crippen LogP contribution in [-0.2, 0) is 37.3 Å². The Hall–Kier alpha value is -4.83. The number of likely N-dealkylation sites (tertiary alicyclic amines) is 2. The molecule has 13 nitrogen and oxygen atoms in total. The zero-order valence-corrected chi connectivity index (χ0v) is 26.1. The van der Waals surface area contributed by atoms with E-state index in [1.54, 1.807) is 23.1 Å². The van der Waals surface area contributed by atoms with Crippen molar-refractivity contribution < 1.29 is 40.4 Å². The van der Waals surface area contributed by atoms with Gasteiger partial charge in [0.2, 0.25) is 5.75 Å². The number of ether oxygens (including phenoxy) is 2. The number of hydrogen-bond donors (Lipinski definition) is 2. The highest BCUT2D eigenvalue weighted by Gasteiger charge is 2.59. The second-order valence-corrected chi connectivity index (χ2v) is 13.0. The zero-order chi connectivity index (χ0) is 33.1. The Morgan fingerprint density at radius 1 is 0.915 bits per heavy atom. The molecule has 1 aliphatic carbocycles. The smallest absolute Gasteiger partial charge is 0.411 e. The molecule has 0 aromatic heterocycles. The van der Waals surface area contributed by atoms with Crippen molar-refractivity contribution in [1.82, 2.24) is 14.5 Å². The van der Waals surface area contributed by atoms with Gasteiger partial charge in [-0.25, -0.2) is 18.4 Å². The van der Waals surface area contributed by atoms with Crippen molar-refractivity contribution in [3.63, 3.8) is 0 Å². The lowest BCUT2D eigenvalue weighted by molar-refractivity contribution is 0.112. The van der Waals surface area contributed by atoms with Gasteiger partial charge in [0.25, 0.3) is 0 Å². The van der Waals surface area contributed by atoms with Gasteiger partial charge in [0, 0.05) is 30.8 Å². The topological polar surface area (TPSA) is 151 Å². The SMILES string of the molecule is COC(=O)N1CC[C@]2(N=Nc3cccc4c3C[C@H]3N(C(=O)OC)CC[C@@]43NS(=O)(=O)Oc3c(F)cccc3F)c3ccccc3N[C@H]12. The minimum Gasteiger partial charge on any atom is -0.453 e. The third kappa shape index (κ3) is 4.76. The first-order chi connectivity index (χ1) is 22.5. The second kappa shape index (κ2) is 11.2. The Labute approximate surface area is 268 Å². The number of carbonyl (C=O) groups excluding carboxylic acids is 2. The molecule has 2 fully saturated rings. The average molecular weight is 669 g/mol. The molecule has 3 aromatic carbocycles. The molecule has 47 heavy (non-hydrogen) atoms. The van der Waals surface area contributed by atoms with Gasteiger partial charge in [-0.15, -0.1) is 0 Å².